The molecule has 0 saturated carbocycles. The highest BCUT2D eigenvalue weighted by atomic mass is 35.5. The second-order valence-electron chi connectivity index (χ2n) is 5.41. The lowest BCUT2D eigenvalue weighted by Crippen LogP contribution is -2.22. The van der Waals surface area contributed by atoms with E-state index >= 15 is 0 Å². The van der Waals surface area contributed by atoms with E-state index in [1.165, 1.54) is 0 Å². The van der Waals surface area contributed by atoms with E-state index < -0.39 is 0 Å². The minimum absolute atomic E-state index is 0.0766. The number of amidine groups is 1. The van der Waals surface area contributed by atoms with Crippen molar-refractivity contribution in [1.29, 1.82) is 0 Å². The number of H-pyrrole nitrogens is 1. The number of nitrogens with zero attached hydrogens (tertiary/aromatic N) is 1. The third-order valence-electron chi connectivity index (χ3n) is 3.51. The number of aromatic nitrogens is 1. The topological polar surface area (TPSA) is 113 Å². The predicted molar refractivity (Wildman–Crippen MR) is 109 cm³/mol. The summed E-state index contributed by atoms with van der Waals surface area (Å²) in [5.74, 6) is 1.27. The second kappa shape index (κ2) is 8.72. The fourth-order valence-electron chi connectivity index (χ4n) is 2.26. The van der Waals surface area contributed by atoms with Crippen molar-refractivity contribution in [2.45, 2.75) is 0 Å². The Morgan fingerprint density at radius 3 is 2.70 bits per heavy atom. The van der Waals surface area contributed by atoms with Crippen LogP contribution in [0.1, 0.15) is 5.56 Å². The smallest absolute Gasteiger partial charge is 0.271 e. The molecule has 140 valence electrons. The van der Waals surface area contributed by atoms with E-state index in [0.717, 1.165) is 17.2 Å². The summed E-state index contributed by atoms with van der Waals surface area (Å²) in [4.78, 5) is 16.0. The van der Waals surface area contributed by atoms with E-state index in [0.29, 0.717) is 21.5 Å². The fourth-order valence-corrected chi connectivity index (χ4v) is 3.20. The second-order valence-corrected chi connectivity index (χ2v) is 6.63. The lowest BCUT2D eigenvalue weighted by molar-refractivity contribution is 0.307. The van der Waals surface area contributed by atoms with Crippen molar-refractivity contribution in [2.75, 3.05) is 18.5 Å². The SMILES string of the molecule is NC(=NCCO)c1c(Nc2ccc(Oc3ccccc3Cl)cc2)s[nH]c1=O. The molecule has 3 rings (SSSR count). The highest BCUT2D eigenvalue weighted by Gasteiger charge is 2.14. The number of benzene rings is 2. The summed E-state index contributed by atoms with van der Waals surface area (Å²) >= 11 is 7.21. The van der Waals surface area contributed by atoms with Gasteiger partial charge in [-0.1, -0.05) is 23.7 Å². The number of aliphatic hydroxyl groups is 1. The number of nitrogens with two attached hydrogens (primary N) is 1. The molecule has 0 spiro atoms. The lowest BCUT2D eigenvalue weighted by Gasteiger charge is -2.09. The number of anilines is 2. The zero-order valence-electron chi connectivity index (χ0n) is 14.1. The number of para-hydroxylation sites is 1. The van der Waals surface area contributed by atoms with Crippen LogP contribution in [0.15, 0.2) is 58.3 Å². The third kappa shape index (κ3) is 4.68. The van der Waals surface area contributed by atoms with Gasteiger partial charge in [0.25, 0.3) is 5.56 Å². The maximum atomic E-state index is 12.0. The summed E-state index contributed by atoms with van der Waals surface area (Å²) in [6.07, 6.45) is 0. The molecule has 0 radical (unpaired) electrons. The molecule has 0 aliphatic rings. The molecule has 0 saturated heterocycles. The van der Waals surface area contributed by atoms with Crippen molar-refractivity contribution < 1.29 is 9.84 Å². The third-order valence-corrected chi connectivity index (χ3v) is 4.62. The van der Waals surface area contributed by atoms with Gasteiger partial charge in [0.15, 0.2) is 0 Å². The largest absolute Gasteiger partial charge is 0.456 e. The van der Waals surface area contributed by atoms with Gasteiger partial charge in [-0.2, -0.15) is 0 Å². The Balaban J connectivity index is 1.76. The Hall–Kier alpha value is -2.81. The first-order valence-corrected chi connectivity index (χ1v) is 9.20. The molecule has 1 heterocycles. The zero-order chi connectivity index (χ0) is 19.2. The standard InChI is InChI=1S/C18H17ClN4O3S/c19-13-3-1-2-4-14(13)26-12-7-5-11(6-8-12)22-18-15(17(25)23-27-18)16(20)21-9-10-24/h1-8,22,24H,9-10H2,(H2,20,21)(H,23,25). The van der Waals surface area contributed by atoms with Crippen LogP contribution in [-0.2, 0) is 0 Å². The molecular formula is C18H17ClN4O3S. The molecular weight excluding hydrogens is 388 g/mol. The van der Waals surface area contributed by atoms with Crippen molar-refractivity contribution in [3.63, 3.8) is 0 Å². The molecule has 0 unspecified atom stereocenters. The van der Waals surface area contributed by atoms with E-state index in [1.54, 1.807) is 36.4 Å². The molecule has 0 fully saturated rings. The van der Waals surface area contributed by atoms with Gasteiger partial charge in [-0.3, -0.25) is 14.2 Å². The van der Waals surface area contributed by atoms with Gasteiger partial charge in [0.05, 0.1) is 18.2 Å². The van der Waals surface area contributed by atoms with Crippen LogP contribution in [0.5, 0.6) is 11.5 Å². The number of aromatic amines is 1. The van der Waals surface area contributed by atoms with Gasteiger partial charge in [-0.25, -0.2) is 0 Å². The molecule has 9 heteroatoms. The average molecular weight is 405 g/mol. The molecule has 7 nitrogen and oxygen atoms in total. The van der Waals surface area contributed by atoms with Gasteiger partial charge in [0.1, 0.15) is 27.9 Å². The number of nitrogens with one attached hydrogen (secondary N) is 2. The van der Waals surface area contributed by atoms with Crippen molar-refractivity contribution in [3.8, 4) is 11.5 Å². The number of hydrogen-bond donors (Lipinski definition) is 4. The number of hydrogen-bond acceptors (Lipinski definition) is 6. The van der Waals surface area contributed by atoms with Crippen LogP contribution >= 0.6 is 23.1 Å². The summed E-state index contributed by atoms with van der Waals surface area (Å²) in [5, 5.41) is 13.1. The van der Waals surface area contributed by atoms with E-state index in [2.05, 4.69) is 14.7 Å². The Bertz CT molecular complexity index is 998. The van der Waals surface area contributed by atoms with Gasteiger partial charge in [0, 0.05) is 5.69 Å². The summed E-state index contributed by atoms with van der Waals surface area (Å²) in [7, 11) is 0. The van der Waals surface area contributed by atoms with Gasteiger partial charge in [-0.05, 0) is 47.9 Å². The quantitative estimate of drug-likeness (QED) is 0.356. The van der Waals surface area contributed by atoms with Crippen molar-refractivity contribution >= 4 is 39.7 Å². The number of aliphatic imine (C=N–C) groups is 1. The number of aliphatic hydroxyl groups excluding tert-OH is 1. The monoisotopic (exact) mass is 404 g/mol. The van der Waals surface area contributed by atoms with Crippen LogP contribution in [-0.4, -0.2) is 28.5 Å². The summed E-state index contributed by atoms with van der Waals surface area (Å²) in [5.41, 5.74) is 6.52. The molecule has 0 bridgehead atoms. The Kier molecular flexibility index (Phi) is 6.12. The molecule has 3 aromatic rings. The van der Waals surface area contributed by atoms with Gasteiger partial charge in [-0.15, -0.1) is 0 Å². The number of rotatable bonds is 7. The average Bonchev–Trinajstić information content (AvgIpc) is 3.03. The van der Waals surface area contributed by atoms with Crippen molar-refractivity contribution in [1.82, 2.24) is 4.37 Å². The zero-order valence-corrected chi connectivity index (χ0v) is 15.7. The maximum Gasteiger partial charge on any atom is 0.271 e. The fraction of sp³-hybridized carbons (Fsp3) is 0.111. The molecule has 0 atom stereocenters. The molecule has 0 aliphatic heterocycles. The van der Waals surface area contributed by atoms with E-state index in [1.807, 2.05) is 12.1 Å². The molecule has 5 N–H and O–H groups in total. The Morgan fingerprint density at radius 2 is 2.00 bits per heavy atom. The predicted octanol–water partition coefficient (Wildman–Crippen LogP) is 3.32. The van der Waals surface area contributed by atoms with Gasteiger partial charge < -0.3 is 20.9 Å². The minimum atomic E-state index is -0.333. The Morgan fingerprint density at radius 1 is 1.26 bits per heavy atom. The van der Waals surface area contributed by atoms with Gasteiger partial charge >= 0.3 is 0 Å². The van der Waals surface area contributed by atoms with Crippen LogP contribution in [0.25, 0.3) is 0 Å². The molecule has 2 aromatic carbocycles. The van der Waals surface area contributed by atoms with Crippen LogP contribution in [0, 0.1) is 0 Å². The minimum Gasteiger partial charge on any atom is -0.456 e. The van der Waals surface area contributed by atoms with E-state index in [4.69, 9.17) is 27.2 Å². The van der Waals surface area contributed by atoms with Gasteiger partial charge in [0.2, 0.25) is 0 Å². The van der Waals surface area contributed by atoms with Crippen molar-refractivity contribution in [2.24, 2.45) is 10.7 Å². The first-order valence-electron chi connectivity index (χ1n) is 8.00. The summed E-state index contributed by atoms with van der Waals surface area (Å²) < 4.78 is 8.37. The lowest BCUT2D eigenvalue weighted by atomic mass is 10.2. The van der Waals surface area contributed by atoms with E-state index in [-0.39, 0.29) is 30.1 Å². The molecule has 0 aliphatic carbocycles. The molecule has 27 heavy (non-hydrogen) atoms. The van der Waals surface area contributed by atoms with Crippen LogP contribution in [0.4, 0.5) is 10.7 Å². The van der Waals surface area contributed by atoms with Crippen LogP contribution in [0.2, 0.25) is 5.02 Å². The number of ether oxygens (including phenoxy) is 1. The molecule has 0 amide bonds. The highest BCUT2D eigenvalue weighted by Crippen LogP contribution is 2.30. The summed E-state index contributed by atoms with van der Waals surface area (Å²) in [6, 6.07) is 14.4. The van der Waals surface area contributed by atoms with Crippen LogP contribution in [0.3, 0.4) is 0 Å². The first kappa shape index (κ1) is 19.0. The normalized spacial score (nSPS) is 11.4. The number of halogens is 1. The van der Waals surface area contributed by atoms with E-state index in [9.17, 15) is 4.79 Å². The first-order chi connectivity index (χ1) is 13.1. The maximum absolute atomic E-state index is 12.0. The Labute approximate surface area is 164 Å². The summed E-state index contributed by atoms with van der Waals surface area (Å²) in [6.45, 7) is -0.00691. The van der Waals surface area contributed by atoms with Crippen molar-refractivity contribution in [3.05, 3.63) is 69.5 Å². The highest BCUT2D eigenvalue weighted by molar-refractivity contribution is 7.10. The van der Waals surface area contributed by atoms with Crippen LogP contribution < -0.4 is 21.3 Å². The molecule has 1 aromatic heterocycles.